The second kappa shape index (κ2) is 12.7. The molecule has 2 aliphatic rings. The van der Waals surface area contributed by atoms with Crippen molar-refractivity contribution in [1.82, 2.24) is 0 Å². The van der Waals surface area contributed by atoms with Gasteiger partial charge in [-0.25, -0.2) is 14.6 Å². The molecule has 0 saturated carbocycles. The van der Waals surface area contributed by atoms with E-state index < -0.39 is 12.1 Å². The van der Waals surface area contributed by atoms with E-state index in [-0.39, 0.29) is 24.9 Å². The number of carbonyl (C=O) groups excluding carboxylic acids is 1. The zero-order valence-electron chi connectivity index (χ0n) is 18.9. The highest BCUT2D eigenvalue weighted by atomic mass is 31.0. The summed E-state index contributed by atoms with van der Waals surface area (Å²) in [4.78, 5) is 23.1. The van der Waals surface area contributed by atoms with Gasteiger partial charge in [0.1, 0.15) is 24.9 Å². The van der Waals surface area contributed by atoms with E-state index in [2.05, 4.69) is 42.7 Å². The Balaban J connectivity index is 1.18. The zero-order valence-corrected chi connectivity index (χ0v) is 21.2. The molecule has 34 heavy (non-hydrogen) atoms. The first-order chi connectivity index (χ1) is 16.7. The summed E-state index contributed by atoms with van der Waals surface area (Å²) in [5.74, 6) is -0.426. The molecule has 4 rings (SSSR count). The van der Waals surface area contributed by atoms with E-state index in [1.807, 2.05) is 36.4 Å². The van der Waals surface area contributed by atoms with Crippen molar-refractivity contribution in [2.24, 2.45) is 0 Å². The van der Waals surface area contributed by atoms with E-state index in [0.29, 0.717) is 13.2 Å². The van der Waals surface area contributed by atoms with Gasteiger partial charge >= 0.3 is 5.97 Å². The summed E-state index contributed by atoms with van der Waals surface area (Å²) >= 11 is 0. The number of carbonyl (C=O) groups is 1. The van der Waals surface area contributed by atoms with Crippen LogP contribution in [0.3, 0.4) is 0 Å². The fourth-order valence-electron chi connectivity index (χ4n) is 3.85. The Morgan fingerprint density at radius 2 is 1.41 bits per heavy atom. The van der Waals surface area contributed by atoms with Gasteiger partial charge in [-0.15, -0.1) is 18.5 Å². The largest absolute Gasteiger partial charge is 0.454 e. The number of ether oxygens (including phenoxy) is 3. The molecule has 0 amide bonds. The zero-order chi connectivity index (χ0) is 23.8. The van der Waals surface area contributed by atoms with E-state index in [0.717, 1.165) is 23.5 Å². The van der Waals surface area contributed by atoms with Crippen molar-refractivity contribution in [3.8, 4) is 0 Å². The van der Waals surface area contributed by atoms with Crippen molar-refractivity contribution in [3.05, 3.63) is 82.9 Å². The molecule has 6 nitrogen and oxygen atoms in total. The van der Waals surface area contributed by atoms with E-state index in [1.54, 1.807) is 6.08 Å². The fourth-order valence-corrected chi connectivity index (χ4v) is 4.39. The molecule has 0 spiro atoms. The summed E-state index contributed by atoms with van der Waals surface area (Å²) < 4.78 is 17.1. The van der Waals surface area contributed by atoms with Gasteiger partial charge in [0.05, 0.1) is 13.2 Å². The van der Waals surface area contributed by atoms with Crippen LogP contribution in [0.1, 0.15) is 22.3 Å². The van der Waals surface area contributed by atoms with Crippen LogP contribution >= 0.6 is 18.5 Å². The summed E-state index contributed by atoms with van der Waals surface area (Å²) in [5, 5.41) is 0. The molecule has 2 saturated heterocycles. The van der Waals surface area contributed by atoms with Crippen LogP contribution in [-0.4, -0.2) is 50.2 Å². The van der Waals surface area contributed by atoms with Crippen LogP contribution in [0, 0.1) is 0 Å². The van der Waals surface area contributed by atoms with Crippen molar-refractivity contribution in [2.45, 2.75) is 36.7 Å². The molecule has 2 unspecified atom stereocenters. The molecular formula is C26H30O6P2. The summed E-state index contributed by atoms with van der Waals surface area (Å²) in [6.07, 6.45) is 7.35. The molecule has 2 aromatic rings. The Kier molecular flexibility index (Phi) is 9.41. The molecule has 0 radical (unpaired) electrons. The van der Waals surface area contributed by atoms with Gasteiger partial charge in [0.25, 0.3) is 0 Å². The maximum absolute atomic E-state index is 12.3. The first-order valence-corrected chi connectivity index (χ1v) is 12.9. The highest BCUT2D eigenvalue weighted by Crippen LogP contribution is 2.30. The minimum Gasteiger partial charge on any atom is -0.454 e. The topological polar surface area (TPSA) is 63.2 Å². The normalized spacial score (nSPS) is 24.2. The van der Waals surface area contributed by atoms with E-state index in [1.165, 1.54) is 17.2 Å². The molecule has 2 heterocycles. The average Bonchev–Trinajstić information content (AvgIpc) is 3.46. The maximum Gasteiger partial charge on any atom is 0.331 e. The number of rotatable bonds is 10. The lowest BCUT2D eigenvalue weighted by Gasteiger charge is -2.16. The van der Waals surface area contributed by atoms with Gasteiger partial charge in [0.2, 0.25) is 0 Å². The highest BCUT2D eigenvalue weighted by Gasteiger charge is 2.50. The standard InChI is InChI=1S/C26H30O6P2/c27-24(12-11-19-5-9-21(17-34)10-6-19)31-22-14-28-26-23(15-29-25(22)26)32-30-13-1-2-18-3-7-20(16-33)8-4-18/h1-12,22-23,25-26H,13-17,33-34H2/b2-1+,12-11+/t22-,23-,25-,26-/m1/s1. The van der Waals surface area contributed by atoms with Crippen molar-refractivity contribution in [3.63, 3.8) is 0 Å². The van der Waals surface area contributed by atoms with Crippen LogP contribution in [0.4, 0.5) is 0 Å². The fraction of sp³-hybridized carbons (Fsp3) is 0.346. The number of hydrogen-bond donors (Lipinski definition) is 0. The SMILES string of the molecule is O=C(/C=C/c1ccc(CP)cc1)O[C@@H]1CO[C@H]2[C@@H]1OC[C@H]2OOC/C=C/c1ccc(CP)cc1. The van der Waals surface area contributed by atoms with Crippen molar-refractivity contribution in [1.29, 1.82) is 0 Å². The van der Waals surface area contributed by atoms with Crippen LogP contribution in [0.2, 0.25) is 0 Å². The third-order valence-electron chi connectivity index (χ3n) is 5.74. The summed E-state index contributed by atoms with van der Waals surface area (Å²) in [5.41, 5.74) is 4.53. The first kappa shape index (κ1) is 25.2. The molecule has 2 aromatic carbocycles. The summed E-state index contributed by atoms with van der Waals surface area (Å²) in [7, 11) is 5.40. The summed E-state index contributed by atoms with van der Waals surface area (Å²) in [6, 6.07) is 16.3. The lowest BCUT2D eigenvalue weighted by Crippen LogP contribution is -2.34. The highest BCUT2D eigenvalue weighted by molar-refractivity contribution is 7.15. The molecule has 0 aliphatic carbocycles. The summed E-state index contributed by atoms with van der Waals surface area (Å²) in [6.45, 7) is 0.895. The first-order valence-electron chi connectivity index (χ1n) is 11.3. The Morgan fingerprint density at radius 3 is 2.03 bits per heavy atom. The number of fused-ring (bicyclic) bond motifs is 1. The van der Waals surface area contributed by atoms with Crippen molar-refractivity contribution in [2.75, 3.05) is 19.8 Å². The Morgan fingerprint density at radius 1 is 0.853 bits per heavy atom. The Bertz CT molecular complexity index is 989. The predicted molar refractivity (Wildman–Crippen MR) is 138 cm³/mol. The third-order valence-corrected chi connectivity index (χ3v) is 6.68. The number of benzene rings is 2. The second-order valence-corrected chi connectivity index (χ2v) is 8.93. The molecule has 0 N–H and O–H groups in total. The molecule has 8 heteroatoms. The second-order valence-electron chi connectivity index (χ2n) is 8.12. The van der Waals surface area contributed by atoms with Crippen LogP contribution < -0.4 is 0 Å². The third kappa shape index (κ3) is 6.82. The van der Waals surface area contributed by atoms with Crippen molar-refractivity contribution >= 4 is 36.6 Å². The van der Waals surface area contributed by atoms with Crippen molar-refractivity contribution < 1.29 is 28.8 Å². The van der Waals surface area contributed by atoms with E-state index in [4.69, 9.17) is 24.0 Å². The van der Waals surface area contributed by atoms with E-state index in [9.17, 15) is 4.79 Å². The minimum atomic E-state index is -0.473. The van der Waals surface area contributed by atoms with Gasteiger partial charge in [0.15, 0.2) is 6.10 Å². The van der Waals surface area contributed by atoms with Crippen LogP contribution in [0.5, 0.6) is 0 Å². The molecule has 2 fully saturated rings. The average molecular weight is 500 g/mol. The Hall–Kier alpha value is -1.91. The monoisotopic (exact) mass is 500 g/mol. The Labute approximate surface area is 205 Å². The lowest BCUT2D eigenvalue weighted by molar-refractivity contribution is -0.326. The molecule has 0 bridgehead atoms. The molecule has 6 atom stereocenters. The van der Waals surface area contributed by atoms with Gasteiger partial charge in [-0.1, -0.05) is 60.7 Å². The predicted octanol–water partition coefficient (Wildman–Crippen LogP) is 4.19. The van der Waals surface area contributed by atoms with Gasteiger partial charge in [-0.05, 0) is 40.7 Å². The van der Waals surface area contributed by atoms with Gasteiger partial charge in [-0.2, -0.15) is 0 Å². The maximum atomic E-state index is 12.3. The molecule has 0 aromatic heterocycles. The quantitative estimate of drug-likeness (QED) is 0.122. The molecule has 180 valence electrons. The van der Waals surface area contributed by atoms with Crippen LogP contribution in [0.25, 0.3) is 12.2 Å². The smallest absolute Gasteiger partial charge is 0.331 e. The number of hydrogen-bond acceptors (Lipinski definition) is 6. The van der Waals surface area contributed by atoms with Crippen LogP contribution in [-0.2, 0) is 41.1 Å². The molecule has 2 aliphatic heterocycles. The van der Waals surface area contributed by atoms with Gasteiger partial charge in [0, 0.05) is 6.08 Å². The molecular weight excluding hydrogens is 470 g/mol. The lowest BCUT2D eigenvalue weighted by atomic mass is 10.1. The minimum absolute atomic E-state index is 0.268. The van der Waals surface area contributed by atoms with Gasteiger partial charge in [-0.3, -0.25) is 0 Å². The van der Waals surface area contributed by atoms with E-state index >= 15 is 0 Å². The number of esters is 1. The van der Waals surface area contributed by atoms with Gasteiger partial charge < -0.3 is 14.2 Å². The van der Waals surface area contributed by atoms with Crippen LogP contribution in [0.15, 0.2) is 60.7 Å².